The van der Waals surface area contributed by atoms with Crippen LogP contribution in [0.1, 0.15) is 27.7 Å². The minimum atomic E-state index is -2.71. The highest BCUT2D eigenvalue weighted by molar-refractivity contribution is 9.13. The van der Waals surface area contributed by atoms with E-state index in [0.29, 0.717) is 25.5 Å². The third kappa shape index (κ3) is 6.13. The Morgan fingerprint density at radius 3 is 1.31 bits per heavy atom. The van der Waals surface area contributed by atoms with Gasteiger partial charge in [-0.15, -0.1) is 0 Å². The molecule has 0 aromatic rings. The summed E-state index contributed by atoms with van der Waals surface area (Å²) in [6, 6.07) is 0. The zero-order valence-corrected chi connectivity index (χ0v) is 13.6. The van der Waals surface area contributed by atoms with Crippen LogP contribution in [0.4, 0.5) is 0 Å². The summed E-state index contributed by atoms with van der Waals surface area (Å²) in [5, 5.41) is 0. The predicted molar refractivity (Wildman–Crippen MR) is 74.7 cm³/mol. The molecule has 8 heteroatoms. The molecule has 0 amide bonds. The van der Waals surface area contributed by atoms with E-state index in [4.69, 9.17) is 9.05 Å². The van der Waals surface area contributed by atoms with Gasteiger partial charge in [-0.3, -0.25) is 9.13 Å². The van der Waals surface area contributed by atoms with Gasteiger partial charge in [0.1, 0.15) is 0 Å². The molecule has 0 aliphatic rings. The van der Waals surface area contributed by atoms with E-state index in [1.807, 2.05) is 13.8 Å². The number of hydrogen-bond acceptors (Lipinski definition) is 6. The van der Waals surface area contributed by atoms with E-state index >= 15 is 0 Å². The first-order valence-corrected chi connectivity index (χ1v) is 12.3. The largest absolute Gasteiger partial charge is 0.321 e. The van der Waals surface area contributed by atoms with Gasteiger partial charge < -0.3 is 9.05 Å². The summed E-state index contributed by atoms with van der Waals surface area (Å²) in [4.78, 5) is 0. The lowest BCUT2D eigenvalue weighted by molar-refractivity contribution is 0.345. The van der Waals surface area contributed by atoms with Crippen molar-refractivity contribution >= 4 is 34.0 Å². The Morgan fingerprint density at radius 1 is 0.812 bits per heavy atom. The number of hydrogen-bond donors (Lipinski definition) is 0. The van der Waals surface area contributed by atoms with Crippen LogP contribution in [0.15, 0.2) is 0 Å². The number of rotatable bonds is 9. The van der Waals surface area contributed by atoms with Gasteiger partial charge >= 0.3 is 0 Å². The van der Waals surface area contributed by atoms with Crippen molar-refractivity contribution < 1.29 is 18.2 Å². The van der Waals surface area contributed by atoms with Gasteiger partial charge in [0.05, 0.1) is 13.2 Å². The van der Waals surface area contributed by atoms with E-state index in [1.54, 1.807) is 13.8 Å². The minimum absolute atomic E-state index is 0.406. The van der Waals surface area contributed by atoms with Crippen LogP contribution >= 0.6 is 34.0 Å². The maximum Gasteiger partial charge on any atom is 0.268 e. The van der Waals surface area contributed by atoms with Crippen molar-refractivity contribution in [3.05, 3.63) is 0 Å². The third-order valence-corrected chi connectivity index (χ3v) is 15.3. The van der Waals surface area contributed by atoms with Gasteiger partial charge in [0.2, 0.25) is 0 Å². The molecule has 98 valence electrons. The van der Waals surface area contributed by atoms with Crippen molar-refractivity contribution in [3.63, 3.8) is 0 Å². The fourth-order valence-corrected chi connectivity index (χ4v) is 14.6. The van der Waals surface area contributed by atoms with Gasteiger partial charge in [-0.05, 0) is 13.8 Å². The summed E-state index contributed by atoms with van der Waals surface area (Å²) in [5.74, 6) is 0. The first kappa shape index (κ1) is 17.1. The lowest BCUT2D eigenvalue weighted by atomic mass is 10.9. The second-order valence-corrected chi connectivity index (χ2v) is 14.3. The molecular formula is C8H20O4P2S2. The van der Waals surface area contributed by atoms with Crippen LogP contribution in [0, 0.1) is 0 Å². The van der Waals surface area contributed by atoms with Crippen molar-refractivity contribution in [2.24, 2.45) is 0 Å². The molecule has 0 aliphatic carbocycles. The maximum absolute atomic E-state index is 12.1. The summed E-state index contributed by atoms with van der Waals surface area (Å²) < 4.78 is 34.6. The molecule has 2 unspecified atom stereocenters. The molecule has 0 saturated heterocycles. The molecule has 0 saturated carbocycles. The fourth-order valence-electron chi connectivity index (χ4n) is 0.826. The third-order valence-electron chi connectivity index (χ3n) is 1.69. The minimum Gasteiger partial charge on any atom is -0.321 e. The van der Waals surface area contributed by atoms with Gasteiger partial charge in [-0.1, -0.05) is 13.8 Å². The van der Waals surface area contributed by atoms with Gasteiger partial charge in [0.25, 0.3) is 13.1 Å². The van der Waals surface area contributed by atoms with Crippen LogP contribution < -0.4 is 0 Å². The van der Waals surface area contributed by atoms with E-state index in [2.05, 4.69) is 0 Å². The van der Waals surface area contributed by atoms with Crippen LogP contribution in [-0.4, -0.2) is 25.5 Å². The van der Waals surface area contributed by atoms with Crippen molar-refractivity contribution in [2.75, 3.05) is 25.5 Å². The Balaban J connectivity index is 4.39. The van der Waals surface area contributed by atoms with E-state index in [9.17, 15) is 9.13 Å². The van der Waals surface area contributed by atoms with Crippen LogP contribution in [0.2, 0.25) is 0 Å². The second-order valence-electron chi connectivity index (χ2n) is 2.84. The molecule has 0 rings (SSSR count). The van der Waals surface area contributed by atoms with Crippen LogP contribution in [-0.2, 0) is 18.2 Å². The Morgan fingerprint density at radius 2 is 1.12 bits per heavy atom. The smallest absolute Gasteiger partial charge is 0.268 e. The first-order valence-electron chi connectivity index (χ1n) is 5.30. The molecule has 0 bridgehead atoms. The Hall–Kier alpha value is 1.08. The van der Waals surface area contributed by atoms with Crippen LogP contribution in [0.3, 0.4) is 0 Å². The zero-order valence-electron chi connectivity index (χ0n) is 10.2. The molecule has 2 atom stereocenters. The highest BCUT2D eigenvalue weighted by Crippen LogP contribution is 2.75. The average Bonchev–Trinajstić information content (AvgIpc) is 2.27. The lowest BCUT2D eigenvalue weighted by Gasteiger charge is -2.18. The van der Waals surface area contributed by atoms with E-state index in [1.165, 1.54) is 0 Å². The zero-order chi connectivity index (χ0) is 12.7. The summed E-state index contributed by atoms with van der Waals surface area (Å²) in [6.07, 6.45) is 0.878. The molecule has 0 fully saturated rings. The topological polar surface area (TPSA) is 52.6 Å². The molecule has 16 heavy (non-hydrogen) atoms. The van der Waals surface area contributed by atoms with Crippen molar-refractivity contribution in [3.8, 4) is 0 Å². The predicted octanol–water partition coefficient (Wildman–Crippen LogP) is 4.87. The summed E-state index contributed by atoms with van der Waals surface area (Å²) >= 11 is 0. The molecule has 0 N–H and O–H groups in total. The van der Waals surface area contributed by atoms with Crippen molar-refractivity contribution in [2.45, 2.75) is 27.7 Å². The van der Waals surface area contributed by atoms with Crippen LogP contribution in [0.25, 0.3) is 0 Å². The monoisotopic (exact) mass is 306 g/mol. The maximum atomic E-state index is 12.1. The van der Waals surface area contributed by atoms with Crippen molar-refractivity contribution in [1.82, 2.24) is 0 Å². The normalized spacial score (nSPS) is 19.0. The van der Waals surface area contributed by atoms with Gasteiger partial charge in [-0.2, -0.15) is 0 Å². The fraction of sp³-hybridized carbons (Fsp3) is 1.00. The summed E-state index contributed by atoms with van der Waals surface area (Å²) in [5.41, 5.74) is 0. The van der Waals surface area contributed by atoms with Crippen LogP contribution in [0.5, 0.6) is 0 Å². The molecular weight excluding hydrogens is 286 g/mol. The average molecular weight is 306 g/mol. The molecule has 0 heterocycles. The highest BCUT2D eigenvalue weighted by Gasteiger charge is 2.29. The first-order chi connectivity index (χ1) is 7.45. The van der Waals surface area contributed by atoms with Gasteiger partial charge in [0, 0.05) is 33.2 Å². The van der Waals surface area contributed by atoms with E-state index in [0.717, 1.165) is 20.8 Å². The molecule has 0 radical (unpaired) electrons. The van der Waals surface area contributed by atoms with Gasteiger partial charge in [0.15, 0.2) is 0 Å². The highest BCUT2D eigenvalue weighted by atomic mass is 33.5. The Labute approximate surface area is 105 Å². The molecule has 0 aromatic carbocycles. The lowest BCUT2D eigenvalue weighted by Crippen LogP contribution is -1.90. The molecule has 0 aromatic heterocycles. The SMILES string of the molecule is CCOP(=O)(CC)SSP(=O)(CC)OCC. The summed E-state index contributed by atoms with van der Waals surface area (Å²) in [6.45, 7) is 2.62. The Bertz CT molecular complexity index is 257. The molecule has 0 spiro atoms. The second kappa shape index (κ2) is 8.23. The van der Waals surface area contributed by atoms with Crippen molar-refractivity contribution in [1.29, 1.82) is 0 Å². The van der Waals surface area contributed by atoms with E-state index in [-0.39, 0.29) is 0 Å². The Kier molecular flexibility index (Phi) is 8.78. The molecule has 0 aliphatic heterocycles. The molecule has 4 nitrogen and oxygen atoms in total. The summed E-state index contributed by atoms with van der Waals surface area (Å²) in [7, 11) is 2.16. The van der Waals surface area contributed by atoms with E-state index < -0.39 is 13.1 Å². The quantitative estimate of drug-likeness (QED) is 0.447. The standard InChI is InChI=1S/C8H20O4P2S2/c1-5-11-13(9,7-3)15-16-14(10,8-4)12-6-2/h5-8H2,1-4H3. The van der Waals surface area contributed by atoms with Gasteiger partial charge in [-0.25, -0.2) is 0 Å².